The minimum Gasteiger partial charge on any atom is -0.462 e. The molecule has 0 spiro atoms. The average Bonchev–Trinajstić information content (AvgIpc) is 3.46. The molecule has 1 atom stereocenters. The van der Waals surface area contributed by atoms with Crippen molar-refractivity contribution in [3.63, 3.8) is 0 Å². The third kappa shape index (κ3) is 65.9. The number of carbonyl (C=O) groups is 3. The smallest absolute Gasteiger partial charge is 0.306 e. The molecule has 0 aromatic rings. The van der Waals surface area contributed by atoms with Crippen LogP contribution in [0.5, 0.6) is 0 Å². The van der Waals surface area contributed by atoms with Crippen molar-refractivity contribution in [3.05, 3.63) is 60.8 Å². The van der Waals surface area contributed by atoms with E-state index in [0.29, 0.717) is 19.3 Å². The lowest BCUT2D eigenvalue weighted by Gasteiger charge is -2.18. The lowest BCUT2D eigenvalue weighted by atomic mass is 10.0. The van der Waals surface area contributed by atoms with Crippen LogP contribution in [0.25, 0.3) is 0 Å². The molecule has 0 saturated heterocycles. The van der Waals surface area contributed by atoms with Crippen LogP contribution in [0.4, 0.5) is 0 Å². The van der Waals surface area contributed by atoms with Crippen molar-refractivity contribution < 1.29 is 28.6 Å². The normalized spacial score (nSPS) is 12.4. The Hall–Kier alpha value is -2.89. The lowest BCUT2D eigenvalue weighted by molar-refractivity contribution is -0.167. The summed E-state index contributed by atoms with van der Waals surface area (Å²) in [5, 5.41) is 0. The van der Waals surface area contributed by atoms with Gasteiger partial charge in [-0.1, -0.05) is 326 Å². The molecule has 0 aliphatic heterocycles. The Morgan fingerprint density at radius 2 is 0.450 bits per heavy atom. The first-order valence-corrected chi connectivity index (χ1v) is 35.3. The number of unbranched alkanes of at least 4 members (excludes halogenated alkanes) is 44. The number of allylic oxidation sites excluding steroid dienone is 10. The first-order valence-electron chi connectivity index (χ1n) is 35.3. The van der Waals surface area contributed by atoms with E-state index in [9.17, 15) is 14.4 Å². The highest BCUT2D eigenvalue weighted by molar-refractivity contribution is 5.71. The van der Waals surface area contributed by atoms with Gasteiger partial charge in [0.15, 0.2) is 6.10 Å². The fraction of sp³-hybridized carbons (Fsp3) is 0.824. The zero-order chi connectivity index (χ0) is 57.8. The third-order valence-corrected chi connectivity index (χ3v) is 15.7. The predicted octanol–water partition coefficient (Wildman–Crippen LogP) is 24.3. The summed E-state index contributed by atoms with van der Waals surface area (Å²) in [6.45, 7) is 6.66. The van der Waals surface area contributed by atoms with Crippen LogP contribution in [0.2, 0.25) is 0 Å². The van der Waals surface area contributed by atoms with Gasteiger partial charge in [-0.2, -0.15) is 0 Å². The van der Waals surface area contributed by atoms with Crippen LogP contribution >= 0.6 is 0 Å². The topological polar surface area (TPSA) is 78.9 Å². The maximum atomic E-state index is 12.9. The van der Waals surface area contributed by atoms with Gasteiger partial charge in [0.2, 0.25) is 0 Å². The maximum Gasteiger partial charge on any atom is 0.306 e. The van der Waals surface area contributed by atoms with Crippen molar-refractivity contribution in [2.75, 3.05) is 13.2 Å². The number of hydrogen-bond acceptors (Lipinski definition) is 6. The van der Waals surface area contributed by atoms with Gasteiger partial charge in [0.05, 0.1) is 0 Å². The summed E-state index contributed by atoms with van der Waals surface area (Å²) in [4.78, 5) is 38.3. The second-order valence-electron chi connectivity index (χ2n) is 23.8. The summed E-state index contributed by atoms with van der Waals surface area (Å²) in [6, 6.07) is 0. The van der Waals surface area contributed by atoms with Crippen LogP contribution in [0, 0.1) is 0 Å². The van der Waals surface area contributed by atoms with Crippen LogP contribution in [0.15, 0.2) is 60.8 Å². The van der Waals surface area contributed by atoms with Gasteiger partial charge in [-0.15, -0.1) is 0 Å². The predicted molar refractivity (Wildman–Crippen MR) is 348 cm³/mol. The molecule has 0 saturated carbocycles. The Morgan fingerprint density at radius 3 is 0.700 bits per heavy atom. The molecule has 6 nitrogen and oxygen atoms in total. The quantitative estimate of drug-likeness (QED) is 0.0261. The molecule has 1 unspecified atom stereocenters. The fourth-order valence-corrected chi connectivity index (χ4v) is 10.4. The van der Waals surface area contributed by atoms with Crippen molar-refractivity contribution in [3.8, 4) is 0 Å². The summed E-state index contributed by atoms with van der Waals surface area (Å²) in [6.07, 6.45) is 88.2. The van der Waals surface area contributed by atoms with Crippen molar-refractivity contribution in [2.45, 2.75) is 380 Å². The summed E-state index contributed by atoms with van der Waals surface area (Å²) in [7, 11) is 0. The molecule has 6 heteroatoms. The second-order valence-corrected chi connectivity index (χ2v) is 23.8. The molecule has 0 fully saturated rings. The third-order valence-electron chi connectivity index (χ3n) is 15.7. The second kappa shape index (κ2) is 68.6. The van der Waals surface area contributed by atoms with Gasteiger partial charge in [-0.05, 0) is 89.9 Å². The molecule has 466 valence electrons. The lowest BCUT2D eigenvalue weighted by Crippen LogP contribution is -2.30. The van der Waals surface area contributed by atoms with Crippen molar-refractivity contribution in [1.82, 2.24) is 0 Å². The van der Waals surface area contributed by atoms with Crippen LogP contribution < -0.4 is 0 Å². The Labute approximate surface area is 498 Å². The van der Waals surface area contributed by atoms with Crippen LogP contribution in [0.3, 0.4) is 0 Å². The summed E-state index contributed by atoms with van der Waals surface area (Å²) >= 11 is 0. The number of carbonyl (C=O) groups excluding carboxylic acids is 3. The Morgan fingerprint density at radius 1 is 0.250 bits per heavy atom. The zero-order valence-corrected chi connectivity index (χ0v) is 53.6. The molecular weight excluding hydrogens is 985 g/mol. The summed E-state index contributed by atoms with van der Waals surface area (Å²) in [5.41, 5.74) is 0. The minimum atomic E-state index is -0.774. The van der Waals surface area contributed by atoms with Gasteiger partial charge in [0, 0.05) is 19.3 Å². The number of hydrogen-bond donors (Lipinski definition) is 0. The average molecular weight is 1120 g/mol. The molecule has 0 N–H and O–H groups in total. The highest BCUT2D eigenvalue weighted by Crippen LogP contribution is 2.18. The van der Waals surface area contributed by atoms with Crippen LogP contribution in [0.1, 0.15) is 374 Å². The molecule has 0 aromatic carbocycles. The van der Waals surface area contributed by atoms with Gasteiger partial charge < -0.3 is 14.2 Å². The number of rotatable bonds is 65. The highest BCUT2D eigenvalue weighted by atomic mass is 16.6. The molecular formula is C74H134O6. The Bertz CT molecular complexity index is 1430. The Balaban J connectivity index is 4.16. The molecule has 0 aliphatic rings. The first-order chi connectivity index (χ1) is 39.5. The summed E-state index contributed by atoms with van der Waals surface area (Å²) < 4.78 is 17.0. The van der Waals surface area contributed by atoms with Crippen LogP contribution in [-0.2, 0) is 28.6 Å². The van der Waals surface area contributed by atoms with Gasteiger partial charge in [-0.25, -0.2) is 0 Å². The summed E-state index contributed by atoms with van der Waals surface area (Å²) in [5.74, 6) is -0.853. The SMILES string of the molecule is CCCCCCC/C=C\C/C=C\C/C=C\CCCCCCCCCCCCCCCCC(=O)OCC(COC(=O)CCCCCCCCCCCC)OC(=O)CCCCCCCCCCCCC/C=C\C/C=C\CCCCCCC. The molecule has 0 amide bonds. The van der Waals surface area contributed by atoms with E-state index in [0.717, 1.165) is 77.0 Å². The Kier molecular flexibility index (Phi) is 66.1. The van der Waals surface area contributed by atoms with E-state index < -0.39 is 6.10 Å². The van der Waals surface area contributed by atoms with Crippen molar-refractivity contribution >= 4 is 17.9 Å². The van der Waals surface area contributed by atoms with Gasteiger partial charge in [0.1, 0.15) is 13.2 Å². The number of ether oxygens (including phenoxy) is 3. The number of esters is 3. The van der Waals surface area contributed by atoms with E-state index in [2.05, 4.69) is 81.5 Å². The van der Waals surface area contributed by atoms with Crippen molar-refractivity contribution in [1.29, 1.82) is 0 Å². The van der Waals surface area contributed by atoms with E-state index in [1.54, 1.807) is 0 Å². The van der Waals surface area contributed by atoms with E-state index >= 15 is 0 Å². The highest BCUT2D eigenvalue weighted by Gasteiger charge is 2.19. The zero-order valence-electron chi connectivity index (χ0n) is 53.6. The minimum absolute atomic E-state index is 0.0707. The molecule has 0 radical (unpaired) electrons. The van der Waals surface area contributed by atoms with Gasteiger partial charge in [0.25, 0.3) is 0 Å². The van der Waals surface area contributed by atoms with Crippen molar-refractivity contribution in [2.24, 2.45) is 0 Å². The maximum absolute atomic E-state index is 12.9. The van der Waals surface area contributed by atoms with E-state index in [1.165, 1.54) is 257 Å². The van der Waals surface area contributed by atoms with Gasteiger partial charge >= 0.3 is 17.9 Å². The van der Waals surface area contributed by atoms with E-state index in [1.807, 2.05) is 0 Å². The standard InChI is InChI=1S/C74H134O6/c1-4-7-10-13-16-19-22-24-26-28-30-32-34-35-36-37-38-39-41-42-44-46-48-50-52-55-58-61-64-67-73(76)79-70-71(69-78-72(75)66-63-60-57-54-21-18-15-12-9-6-3)80-74(77)68-65-62-59-56-53-51-49-47-45-43-40-33-31-29-27-25-23-20-17-14-11-8-5-2/h22-25,28-31,34-35,71H,4-21,26-27,32-33,36-70H2,1-3H3/b24-22-,25-23-,30-28-,31-29-,35-34-. The molecule has 0 aliphatic carbocycles. The molecule has 0 aromatic heterocycles. The molecule has 80 heavy (non-hydrogen) atoms. The first kappa shape index (κ1) is 77.1. The fourth-order valence-electron chi connectivity index (χ4n) is 10.4. The molecule has 0 bridgehead atoms. The van der Waals surface area contributed by atoms with Crippen LogP contribution in [-0.4, -0.2) is 37.2 Å². The molecule has 0 rings (SSSR count). The van der Waals surface area contributed by atoms with E-state index in [4.69, 9.17) is 14.2 Å². The molecule has 0 heterocycles. The largest absolute Gasteiger partial charge is 0.462 e. The van der Waals surface area contributed by atoms with E-state index in [-0.39, 0.29) is 31.1 Å². The monoisotopic (exact) mass is 1120 g/mol. The van der Waals surface area contributed by atoms with Gasteiger partial charge in [-0.3, -0.25) is 14.4 Å².